The first-order valence-electron chi connectivity index (χ1n) is 6.76. The normalized spacial score (nSPS) is 10.6. The van der Waals surface area contributed by atoms with Crippen LogP contribution in [0.15, 0.2) is 18.2 Å². The summed E-state index contributed by atoms with van der Waals surface area (Å²) in [6, 6.07) is 4.62. The van der Waals surface area contributed by atoms with Crippen molar-refractivity contribution in [1.82, 2.24) is 16.2 Å². The second-order valence-electron chi connectivity index (χ2n) is 5.69. The molecule has 0 saturated carbocycles. The maximum atomic E-state index is 11.9. The molecule has 0 heterocycles. The Morgan fingerprint density at radius 1 is 1.05 bits per heavy atom. The molecule has 0 radical (unpaired) electrons. The van der Waals surface area contributed by atoms with Crippen LogP contribution in [-0.2, 0) is 4.74 Å². The quantitative estimate of drug-likeness (QED) is 0.722. The van der Waals surface area contributed by atoms with E-state index in [1.54, 1.807) is 39.8 Å². The molecular weight excluding hydrogens is 286 g/mol. The molecule has 0 aliphatic heterocycles. The molecule has 0 aromatic heterocycles. The Hall–Kier alpha value is -2.57. The Morgan fingerprint density at radius 3 is 2.18 bits per heavy atom. The number of hydrogen-bond donors (Lipinski definition) is 3. The number of hydrazine groups is 1. The smallest absolute Gasteiger partial charge is 0.426 e. The Kier molecular flexibility index (Phi) is 5.50. The van der Waals surface area contributed by atoms with Crippen LogP contribution in [-0.4, -0.2) is 30.6 Å². The summed E-state index contributed by atoms with van der Waals surface area (Å²) in [6.45, 7) is 6.88. The number of carbonyl (C=O) groups excluding carboxylic acids is 3. The van der Waals surface area contributed by atoms with Crippen LogP contribution < -0.4 is 16.2 Å². The maximum absolute atomic E-state index is 11.9. The van der Waals surface area contributed by atoms with Crippen molar-refractivity contribution in [3.8, 4) is 0 Å². The van der Waals surface area contributed by atoms with Gasteiger partial charge in [-0.15, -0.1) is 0 Å². The third kappa shape index (κ3) is 5.08. The van der Waals surface area contributed by atoms with Crippen LogP contribution in [0.1, 0.15) is 47.1 Å². The average Bonchev–Trinajstić information content (AvgIpc) is 2.42. The van der Waals surface area contributed by atoms with Gasteiger partial charge in [0.25, 0.3) is 11.8 Å². The van der Waals surface area contributed by atoms with Gasteiger partial charge in [-0.25, -0.2) is 10.2 Å². The van der Waals surface area contributed by atoms with E-state index in [4.69, 9.17) is 4.74 Å². The van der Waals surface area contributed by atoms with E-state index in [0.29, 0.717) is 16.7 Å². The topological polar surface area (TPSA) is 96.5 Å². The first kappa shape index (κ1) is 17.5. The molecule has 120 valence electrons. The number of carbonyl (C=O) groups is 3. The number of hydrogen-bond acceptors (Lipinski definition) is 4. The van der Waals surface area contributed by atoms with Gasteiger partial charge in [0.2, 0.25) is 0 Å². The molecule has 1 rings (SSSR count). The second kappa shape index (κ2) is 6.93. The lowest BCUT2D eigenvalue weighted by atomic mass is 10.0. The highest BCUT2D eigenvalue weighted by atomic mass is 16.6. The fraction of sp³-hybridized carbons (Fsp3) is 0.400. The van der Waals surface area contributed by atoms with E-state index in [1.807, 2.05) is 0 Å². The number of benzene rings is 1. The van der Waals surface area contributed by atoms with Crippen LogP contribution in [0.2, 0.25) is 0 Å². The van der Waals surface area contributed by atoms with Gasteiger partial charge in [-0.3, -0.25) is 15.0 Å². The standard InChI is InChI=1S/C15H21N3O4/c1-9-8-10(6-7-11(9)13(20)16-5)12(19)17-18-14(21)22-15(2,3)4/h6-8H,1-5H3,(H,16,20)(H,17,19)(H,18,21). The number of rotatable bonds is 2. The van der Waals surface area contributed by atoms with Crippen molar-refractivity contribution < 1.29 is 19.1 Å². The van der Waals surface area contributed by atoms with E-state index < -0.39 is 17.6 Å². The lowest BCUT2D eigenvalue weighted by Gasteiger charge is -2.19. The lowest BCUT2D eigenvalue weighted by Crippen LogP contribution is -2.44. The molecule has 0 fully saturated rings. The minimum absolute atomic E-state index is 0.226. The molecule has 1 aromatic carbocycles. The largest absolute Gasteiger partial charge is 0.443 e. The summed E-state index contributed by atoms with van der Waals surface area (Å²) in [7, 11) is 1.53. The molecule has 0 saturated heterocycles. The van der Waals surface area contributed by atoms with Crippen molar-refractivity contribution in [2.24, 2.45) is 0 Å². The minimum Gasteiger partial charge on any atom is -0.443 e. The molecule has 1 aromatic rings. The van der Waals surface area contributed by atoms with E-state index >= 15 is 0 Å². The van der Waals surface area contributed by atoms with Crippen LogP contribution in [0.4, 0.5) is 4.79 Å². The average molecular weight is 307 g/mol. The molecule has 0 aliphatic rings. The van der Waals surface area contributed by atoms with Crippen LogP contribution >= 0.6 is 0 Å². The van der Waals surface area contributed by atoms with Crippen molar-refractivity contribution in [1.29, 1.82) is 0 Å². The van der Waals surface area contributed by atoms with Gasteiger partial charge in [-0.2, -0.15) is 0 Å². The summed E-state index contributed by atoms with van der Waals surface area (Å²) < 4.78 is 5.00. The zero-order valence-corrected chi connectivity index (χ0v) is 13.4. The summed E-state index contributed by atoms with van der Waals surface area (Å²) in [5.41, 5.74) is 5.22. The first-order valence-corrected chi connectivity index (χ1v) is 6.76. The molecular formula is C15H21N3O4. The van der Waals surface area contributed by atoms with Crippen LogP contribution in [0.5, 0.6) is 0 Å². The molecule has 22 heavy (non-hydrogen) atoms. The van der Waals surface area contributed by atoms with Crippen LogP contribution in [0.25, 0.3) is 0 Å². The van der Waals surface area contributed by atoms with E-state index in [1.165, 1.54) is 13.1 Å². The molecule has 0 aliphatic carbocycles. The van der Waals surface area contributed by atoms with E-state index in [0.717, 1.165) is 0 Å². The molecule has 7 nitrogen and oxygen atoms in total. The number of ether oxygens (including phenoxy) is 1. The molecule has 0 bridgehead atoms. The summed E-state index contributed by atoms with van der Waals surface area (Å²) in [5.74, 6) is -0.728. The zero-order chi connectivity index (χ0) is 16.9. The first-order chi connectivity index (χ1) is 10.1. The Morgan fingerprint density at radius 2 is 1.68 bits per heavy atom. The van der Waals surface area contributed by atoms with Crippen LogP contribution in [0, 0.1) is 6.92 Å². The van der Waals surface area contributed by atoms with Crippen molar-refractivity contribution >= 4 is 17.9 Å². The number of aryl methyl sites for hydroxylation is 1. The van der Waals surface area contributed by atoms with Gasteiger partial charge < -0.3 is 10.1 Å². The van der Waals surface area contributed by atoms with Crippen molar-refractivity contribution in [2.45, 2.75) is 33.3 Å². The van der Waals surface area contributed by atoms with Gasteiger partial charge in [-0.05, 0) is 51.5 Å². The van der Waals surface area contributed by atoms with Gasteiger partial charge in [0, 0.05) is 18.2 Å². The molecule has 0 unspecified atom stereocenters. The second-order valence-corrected chi connectivity index (χ2v) is 5.69. The Balaban J connectivity index is 2.69. The van der Waals surface area contributed by atoms with Gasteiger partial charge in [0.1, 0.15) is 5.60 Å². The number of nitrogens with one attached hydrogen (secondary N) is 3. The van der Waals surface area contributed by atoms with E-state index in [9.17, 15) is 14.4 Å². The summed E-state index contributed by atoms with van der Waals surface area (Å²) >= 11 is 0. The van der Waals surface area contributed by atoms with Gasteiger partial charge in [0.05, 0.1) is 0 Å². The molecule has 3 amide bonds. The van der Waals surface area contributed by atoms with E-state index in [2.05, 4.69) is 16.2 Å². The summed E-state index contributed by atoms with van der Waals surface area (Å²) in [4.78, 5) is 35.0. The fourth-order valence-electron chi connectivity index (χ4n) is 1.68. The lowest BCUT2D eigenvalue weighted by molar-refractivity contribution is 0.0483. The predicted octanol–water partition coefficient (Wildman–Crippen LogP) is 1.52. The molecule has 0 atom stereocenters. The molecule has 0 spiro atoms. The SMILES string of the molecule is CNC(=O)c1ccc(C(=O)NNC(=O)OC(C)(C)C)cc1C. The van der Waals surface area contributed by atoms with E-state index in [-0.39, 0.29) is 5.91 Å². The third-order valence-corrected chi connectivity index (χ3v) is 2.64. The fourth-order valence-corrected chi connectivity index (χ4v) is 1.68. The highest BCUT2D eigenvalue weighted by Gasteiger charge is 2.17. The Labute approximate surface area is 129 Å². The minimum atomic E-state index is -0.750. The zero-order valence-electron chi connectivity index (χ0n) is 13.4. The Bertz CT molecular complexity index is 591. The van der Waals surface area contributed by atoms with Gasteiger partial charge in [-0.1, -0.05) is 0 Å². The third-order valence-electron chi connectivity index (χ3n) is 2.64. The van der Waals surface area contributed by atoms with Crippen molar-refractivity contribution in [2.75, 3.05) is 7.05 Å². The van der Waals surface area contributed by atoms with Gasteiger partial charge in [0.15, 0.2) is 0 Å². The highest BCUT2D eigenvalue weighted by molar-refractivity contribution is 5.99. The summed E-state index contributed by atoms with van der Waals surface area (Å²) in [5, 5.41) is 2.52. The number of amides is 3. The van der Waals surface area contributed by atoms with Crippen molar-refractivity contribution in [3.05, 3.63) is 34.9 Å². The van der Waals surface area contributed by atoms with Crippen LogP contribution in [0.3, 0.4) is 0 Å². The molecule has 7 heteroatoms. The maximum Gasteiger partial charge on any atom is 0.426 e. The predicted molar refractivity (Wildman–Crippen MR) is 81.4 cm³/mol. The molecule has 3 N–H and O–H groups in total. The monoisotopic (exact) mass is 307 g/mol. The van der Waals surface area contributed by atoms with Gasteiger partial charge >= 0.3 is 6.09 Å². The highest BCUT2D eigenvalue weighted by Crippen LogP contribution is 2.11. The van der Waals surface area contributed by atoms with Crippen molar-refractivity contribution in [3.63, 3.8) is 0 Å². The summed E-state index contributed by atoms with van der Waals surface area (Å²) in [6.07, 6.45) is -0.750.